The molecular weight excluding hydrogens is 479 g/mol. The number of carbonyl (C=O) groups excluding carboxylic acids is 1. The van der Waals surface area contributed by atoms with Gasteiger partial charge in [0.15, 0.2) is 5.65 Å². The smallest absolute Gasteiger partial charge is 0.243 e. The van der Waals surface area contributed by atoms with Crippen molar-refractivity contribution in [3.05, 3.63) is 48.3 Å². The van der Waals surface area contributed by atoms with Gasteiger partial charge in [-0.3, -0.25) is 4.79 Å². The molecule has 12 heteroatoms. The van der Waals surface area contributed by atoms with Crippen LogP contribution < -0.4 is 5.32 Å². The van der Waals surface area contributed by atoms with E-state index < -0.39 is 10.0 Å². The maximum Gasteiger partial charge on any atom is 0.243 e. The Morgan fingerprint density at radius 2 is 1.85 bits per heavy atom. The van der Waals surface area contributed by atoms with Gasteiger partial charge >= 0.3 is 0 Å². The van der Waals surface area contributed by atoms with Gasteiger partial charge in [0.25, 0.3) is 0 Å². The summed E-state index contributed by atoms with van der Waals surface area (Å²) >= 11 is 1.11. The van der Waals surface area contributed by atoms with E-state index in [1.807, 2.05) is 0 Å². The number of benzene rings is 2. The molecule has 2 aromatic carbocycles. The van der Waals surface area contributed by atoms with Crippen molar-refractivity contribution in [2.24, 2.45) is 0 Å². The highest BCUT2D eigenvalue weighted by Gasteiger charge is 2.25. The van der Waals surface area contributed by atoms with Gasteiger partial charge in [-0.25, -0.2) is 17.8 Å². The first-order valence-electron chi connectivity index (χ1n) is 10.7. The summed E-state index contributed by atoms with van der Waals surface area (Å²) in [5.41, 5.74) is 2.12. The number of aromatic amines is 1. The zero-order valence-electron chi connectivity index (χ0n) is 18.0. The van der Waals surface area contributed by atoms with Crippen molar-refractivity contribution in [2.45, 2.75) is 29.3 Å². The lowest BCUT2D eigenvalue weighted by Crippen LogP contribution is -2.35. The molecule has 1 saturated heterocycles. The Morgan fingerprint density at radius 1 is 1.09 bits per heavy atom. The number of aromatic nitrogens is 4. The van der Waals surface area contributed by atoms with E-state index in [0.29, 0.717) is 46.0 Å². The van der Waals surface area contributed by atoms with E-state index in [4.69, 9.17) is 0 Å². The number of halogens is 1. The predicted octanol–water partition coefficient (Wildman–Crippen LogP) is 3.55. The van der Waals surface area contributed by atoms with Gasteiger partial charge in [-0.15, -0.1) is 10.2 Å². The fourth-order valence-corrected chi connectivity index (χ4v) is 5.99. The Hall–Kier alpha value is -3.09. The van der Waals surface area contributed by atoms with Crippen LogP contribution in [0.4, 0.5) is 10.1 Å². The monoisotopic (exact) mass is 500 g/mol. The van der Waals surface area contributed by atoms with Gasteiger partial charge in [0.2, 0.25) is 21.1 Å². The molecule has 1 fully saturated rings. The number of H-pyrrole nitrogens is 1. The molecule has 2 N–H and O–H groups in total. The second-order valence-corrected chi connectivity index (χ2v) is 10.8. The molecule has 0 saturated carbocycles. The fraction of sp³-hybridized carbons (Fsp3) is 0.273. The number of anilines is 1. The quantitative estimate of drug-likeness (QED) is 0.388. The highest BCUT2D eigenvalue weighted by molar-refractivity contribution is 7.99. The molecule has 2 aromatic heterocycles. The van der Waals surface area contributed by atoms with Gasteiger partial charge in [-0.1, -0.05) is 18.2 Å². The van der Waals surface area contributed by atoms with Gasteiger partial charge in [0, 0.05) is 29.7 Å². The molecule has 0 aliphatic carbocycles. The Bertz CT molecular complexity index is 1470. The van der Waals surface area contributed by atoms with Crippen molar-refractivity contribution < 1.29 is 17.6 Å². The minimum atomic E-state index is -3.51. The number of hydrogen-bond donors (Lipinski definition) is 2. The van der Waals surface area contributed by atoms with Gasteiger partial charge in [-0.2, -0.15) is 4.31 Å². The van der Waals surface area contributed by atoms with Gasteiger partial charge in [0.1, 0.15) is 11.3 Å². The maximum absolute atomic E-state index is 13.5. The van der Waals surface area contributed by atoms with Crippen molar-refractivity contribution in [3.8, 4) is 0 Å². The van der Waals surface area contributed by atoms with Crippen molar-refractivity contribution in [1.29, 1.82) is 0 Å². The minimum absolute atomic E-state index is 0.0376. The molecule has 0 radical (unpaired) electrons. The number of sulfonamides is 1. The first-order valence-corrected chi connectivity index (χ1v) is 13.2. The van der Waals surface area contributed by atoms with E-state index in [0.717, 1.165) is 31.0 Å². The van der Waals surface area contributed by atoms with Crippen molar-refractivity contribution in [2.75, 3.05) is 24.2 Å². The lowest BCUT2D eigenvalue weighted by Gasteiger charge is -2.25. The lowest BCUT2D eigenvalue weighted by molar-refractivity contribution is -0.113. The third-order valence-electron chi connectivity index (χ3n) is 5.58. The molecule has 176 valence electrons. The molecule has 1 aliphatic heterocycles. The highest BCUT2D eigenvalue weighted by Crippen LogP contribution is 2.25. The Morgan fingerprint density at radius 3 is 2.62 bits per heavy atom. The van der Waals surface area contributed by atoms with Crippen LogP contribution in [0.5, 0.6) is 0 Å². The zero-order chi connectivity index (χ0) is 23.7. The standard InChI is InChI=1S/C22H21FN6O3S2/c23-14-4-9-18-17(12-14)20-21(25-18)26-22(28-27-20)33-13-19(30)24-15-5-7-16(8-6-15)34(31,32)29-10-2-1-3-11-29/h4-9,12H,1-3,10-11,13H2,(H,24,30)(H,25,26,28). The first kappa shape index (κ1) is 22.7. The molecule has 0 bridgehead atoms. The van der Waals surface area contributed by atoms with E-state index in [1.165, 1.54) is 28.6 Å². The number of nitrogens with zero attached hydrogens (tertiary/aromatic N) is 4. The molecule has 3 heterocycles. The Labute approximate surface area is 199 Å². The average molecular weight is 501 g/mol. The minimum Gasteiger partial charge on any atom is -0.338 e. The fourth-order valence-electron chi connectivity index (χ4n) is 3.88. The predicted molar refractivity (Wildman–Crippen MR) is 128 cm³/mol. The number of piperidine rings is 1. The number of carbonyl (C=O) groups is 1. The maximum atomic E-state index is 13.5. The summed E-state index contributed by atoms with van der Waals surface area (Å²) in [5.74, 6) is -0.628. The SMILES string of the molecule is O=C(CSc1nnc2c(n1)[nH]c1ccc(F)cc12)Nc1ccc(S(=O)(=O)N2CCCCC2)cc1. The second-order valence-electron chi connectivity index (χ2n) is 7.93. The molecule has 9 nitrogen and oxygen atoms in total. The highest BCUT2D eigenvalue weighted by atomic mass is 32.2. The van der Waals surface area contributed by atoms with Crippen LogP contribution in [0.1, 0.15) is 19.3 Å². The summed E-state index contributed by atoms with van der Waals surface area (Å²) in [4.78, 5) is 20.0. The average Bonchev–Trinajstić information content (AvgIpc) is 3.20. The van der Waals surface area contributed by atoms with Crippen molar-refractivity contribution in [3.63, 3.8) is 0 Å². The number of hydrogen-bond acceptors (Lipinski definition) is 7. The number of amides is 1. The topological polar surface area (TPSA) is 121 Å². The molecule has 0 spiro atoms. The van der Waals surface area contributed by atoms with Gasteiger partial charge in [0.05, 0.1) is 10.6 Å². The summed E-state index contributed by atoms with van der Waals surface area (Å²) in [5, 5.41) is 11.8. The molecule has 0 unspecified atom stereocenters. The Balaban J connectivity index is 1.21. The summed E-state index contributed by atoms with van der Waals surface area (Å²) < 4.78 is 40.5. The largest absolute Gasteiger partial charge is 0.338 e. The summed E-state index contributed by atoms with van der Waals surface area (Å²) in [6.07, 6.45) is 2.79. The summed E-state index contributed by atoms with van der Waals surface area (Å²) in [6.45, 7) is 1.08. The molecule has 4 aromatic rings. The van der Waals surface area contributed by atoms with Crippen LogP contribution in [0, 0.1) is 5.82 Å². The first-order chi connectivity index (χ1) is 16.4. The number of fused-ring (bicyclic) bond motifs is 3. The second kappa shape index (κ2) is 9.28. The van der Waals surface area contributed by atoms with Crippen LogP contribution in [0.3, 0.4) is 0 Å². The van der Waals surface area contributed by atoms with Crippen molar-refractivity contribution >= 4 is 55.4 Å². The van der Waals surface area contributed by atoms with Gasteiger partial charge in [-0.05, 0) is 55.3 Å². The molecule has 34 heavy (non-hydrogen) atoms. The van der Waals surface area contributed by atoms with Crippen LogP contribution in [0.2, 0.25) is 0 Å². The number of nitrogens with one attached hydrogen (secondary N) is 2. The number of thioether (sulfide) groups is 1. The number of rotatable bonds is 6. The third-order valence-corrected chi connectivity index (χ3v) is 8.33. The third kappa shape index (κ3) is 4.61. The van der Waals surface area contributed by atoms with E-state index in [-0.39, 0.29) is 22.4 Å². The molecule has 1 aliphatic rings. The summed E-state index contributed by atoms with van der Waals surface area (Å²) in [7, 11) is -3.51. The van der Waals surface area contributed by atoms with Crippen LogP contribution in [0.25, 0.3) is 22.1 Å². The Kier molecular flexibility index (Phi) is 6.19. The molecule has 0 atom stereocenters. The normalized spacial score (nSPS) is 15.1. The molecule has 5 rings (SSSR count). The van der Waals surface area contributed by atoms with E-state index >= 15 is 0 Å². The van der Waals surface area contributed by atoms with Crippen LogP contribution in [0.15, 0.2) is 52.5 Å². The van der Waals surface area contributed by atoms with Crippen LogP contribution >= 0.6 is 11.8 Å². The summed E-state index contributed by atoms with van der Waals surface area (Å²) in [6, 6.07) is 10.5. The van der Waals surface area contributed by atoms with Gasteiger partial charge < -0.3 is 10.3 Å². The molecular formula is C22H21FN6O3S2. The molecule has 1 amide bonds. The van der Waals surface area contributed by atoms with Crippen LogP contribution in [-0.2, 0) is 14.8 Å². The van der Waals surface area contributed by atoms with Crippen LogP contribution in [-0.4, -0.2) is 57.6 Å². The van der Waals surface area contributed by atoms with Crippen molar-refractivity contribution in [1.82, 2.24) is 24.5 Å². The zero-order valence-corrected chi connectivity index (χ0v) is 19.6. The van der Waals surface area contributed by atoms with E-state index in [1.54, 1.807) is 18.2 Å². The van der Waals surface area contributed by atoms with E-state index in [9.17, 15) is 17.6 Å². The van der Waals surface area contributed by atoms with E-state index in [2.05, 4.69) is 25.5 Å². The lowest BCUT2D eigenvalue weighted by atomic mass is 10.2.